The quantitative estimate of drug-likeness (QED) is 0.727. The lowest BCUT2D eigenvalue weighted by Gasteiger charge is -2.06. The fraction of sp³-hybridized carbons (Fsp3) is 0.333. The van der Waals surface area contributed by atoms with Crippen LogP contribution in [0.3, 0.4) is 0 Å². The Labute approximate surface area is 90.4 Å². The highest BCUT2D eigenvalue weighted by Gasteiger charge is 2.33. The lowest BCUT2D eigenvalue weighted by atomic mass is 10.4. The Morgan fingerprint density at radius 2 is 2.19 bits per heavy atom. The third-order valence-corrected chi connectivity index (χ3v) is 1.63. The van der Waals surface area contributed by atoms with Crippen molar-refractivity contribution in [2.75, 3.05) is 14.1 Å². The largest absolute Gasteiger partial charge is 0.421 e. The standard InChI is InChI=1S/C9H9F3N4/c1-13-8(6-15(2)3)16-5-7(4-14-16)9(10,11)12/h4-6H,2-3H3/b8-6+. The van der Waals surface area contributed by atoms with E-state index >= 15 is 0 Å². The van der Waals surface area contributed by atoms with E-state index in [0.29, 0.717) is 6.20 Å². The Morgan fingerprint density at radius 1 is 1.56 bits per heavy atom. The molecule has 1 rings (SSSR count). The van der Waals surface area contributed by atoms with Gasteiger partial charge in [-0.15, -0.1) is 5.10 Å². The topological polar surface area (TPSA) is 25.4 Å². The third-order valence-electron chi connectivity index (χ3n) is 1.63. The molecule has 1 aromatic rings. The summed E-state index contributed by atoms with van der Waals surface area (Å²) in [4.78, 5) is 4.65. The number of hydrogen-bond donors (Lipinski definition) is 0. The van der Waals surface area contributed by atoms with Crippen molar-refractivity contribution >= 4 is 5.82 Å². The molecule has 0 saturated carbocycles. The number of rotatable bonds is 2. The minimum absolute atomic E-state index is 0.000463. The van der Waals surface area contributed by atoms with Crippen LogP contribution >= 0.6 is 0 Å². The molecule has 1 aromatic heterocycles. The minimum atomic E-state index is -4.44. The lowest BCUT2D eigenvalue weighted by molar-refractivity contribution is -0.137. The molecule has 0 unspecified atom stereocenters. The van der Waals surface area contributed by atoms with Gasteiger partial charge in [-0.25, -0.2) is 0 Å². The first-order chi connectivity index (χ1) is 7.34. The molecule has 7 heteroatoms. The molecule has 0 N–H and O–H groups in total. The van der Waals surface area contributed by atoms with Crippen molar-refractivity contribution in [3.8, 4) is 0 Å². The first kappa shape index (κ1) is 12.1. The van der Waals surface area contributed by atoms with E-state index in [1.807, 2.05) is 0 Å². The lowest BCUT2D eigenvalue weighted by Crippen LogP contribution is -2.05. The van der Waals surface area contributed by atoms with Crippen molar-refractivity contribution in [3.63, 3.8) is 0 Å². The summed E-state index contributed by atoms with van der Waals surface area (Å²) >= 11 is 0. The Morgan fingerprint density at radius 3 is 2.56 bits per heavy atom. The summed E-state index contributed by atoms with van der Waals surface area (Å²) in [6.45, 7) is 6.84. The van der Waals surface area contributed by atoms with E-state index in [2.05, 4.69) is 9.94 Å². The van der Waals surface area contributed by atoms with E-state index in [1.54, 1.807) is 19.0 Å². The molecule has 0 atom stereocenters. The zero-order chi connectivity index (χ0) is 12.3. The molecule has 0 saturated heterocycles. The highest BCUT2D eigenvalue weighted by molar-refractivity contribution is 5.50. The van der Waals surface area contributed by atoms with Crippen LogP contribution in [0.25, 0.3) is 10.7 Å². The van der Waals surface area contributed by atoms with Gasteiger partial charge < -0.3 is 9.74 Å². The summed E-state index contributed by atoms with van der Waals surface area (Å²) < 4.78 is 37.7. The monoisotopic (exact) mass is 230 g/mol. The number of aromatic nitrogens is 2. The fourth-order valence-electron chi connectivity index (χ4n) is 0.965. The summed E-state index contributed by atoms with van der Waals surface area (Å²) in [7, 11) is 3.33. The van der Waals surface area contributed by atoms with Crippen LogP contribution in [0.15, 0.2) is 18.6 Å². The van der Waals surface area contributed by atoms with Crippen molar-refractivity contribution in [1.82, 2.24) is 14.7 Å². The highest BCUT2D eigenvalue weighted by Crippen LogP contribution is 2.29. The van der Waals surface area contributed by atoms with Gasteiger partial charge in [0.15, 0.2) is 0 Å². The van der Waals surface area contributed by atoms with Gasteiger partial charge in [-0.1, -0.05) is 6.57 Å². The highest BCUT2D eigenvalue weighted by atomic mass is 19.4. The molecule has 16 heavy (non-hydrogen) atoms. The maximum absolute atomic E-state index is 12.3. The van der Waals surface area contributed by atoms with E-state index in [9.17, 15) is 13.2 Å². The minimum Gasteiger partial charge on any atom is -0.391 e. The molecule has 4 nitrogen and oxygen atoms in total. The van der Waals surface area contributed by atoms with Crippen LogP contribution in [0.1, 0.15) is 5.56 Å². The normalized spacial score (nSPS) is 12.4. The van der Waals surface area contributed by atoms with Crippen LogP contribution in [0.2, 0.25) is 0 Å². The Bertz CT molecular complexity index is 436. The van der Waals surface area contributed by atoms with Crippen LogP contribution < -0.4 is 0 Å². The summed E-state index contributed by atoms with van der Waals surface area (Å²) in [6, 6.07) is 0. The molecule has 1 heterocycles. The van der Waals surface area contributed by atoms with Crippen LogP contribution in [-0.4, -0.2) is 28.8 Å². The number of nitrogens with zero attached hydrogens (tertiary/aromatic N) is 4. The van der Waals surface area contributed by atoms with Crippen molar-refractivity contribution in [2.24, 2.45) is 0 Å². The maximum atomic E-state index is 12.3. The van der Waals surface area contributed by atoms with E-state index in [4.69, 9.17) is 6.57 Å². The predicted octanol–water partition coefficient (Wildman–Crippen LogP) is 2.14. The Balaban J connectivity index is 3.07. The predicted molar refractivity (Wildman–Crippen MR) is 51.8 cm³/mol. The Kier molecular flexibility index (Phi) is 3.22. The van der Waals surface area contributed by atoms with Crippen LogP contribution in [0.4, 0.5) is 13.2 Å². The van der Waals surface area contributed by atoms with Gasteiger partial charge in [-0.3, -0.25) is 0 Å². The third kappa shape index (κ3) is 2.76. The number of hydrogen-bond acceptors (Lipinski definition) is 2. The average molecular weight is 230 g/mol. The first-order valence-corrected chi connectivity index (χ1v) is 4.22. The maximum Gasteiger partial charge on any atom is 0.421 e. The van der Waals surface area contributed by atoms with Gasteiger partial charge in [0.25, 0.3) is 5.82 Å². The van der Waals surface area contributed by atoms with Crippen molar-refractivity contribution < 1.29 is 13.2 Å². The second kappa shape index (κ2) is 4.26. The van der Waals surface area contributed by atoms with Gasteiger partial charge in [0.2, 0.25) is 0 Å². The molecule has 0 radical (unpaired) electrons. The molecule has 0 amide bonds. The van der Waals surface area contributed by atoms with Crippen LogP contribution in [0, 0.1) is 6.57 Å². The van der Waals surface area contributed by atoms with E-state index in [-0.39, 0.29) is 5.82 Å². The molecular formula is C9H9F3N4. The van der Waals surface area contributed by atoms with Crippen molar-refractivity contribution in [3.05, 3.63) is 35.6 Å². The van der Waals surface area contributed by atoms with Crippen molar-refractivity contribution in [1.29, 1.82) is 0 Å². The molecule has 0 aliphatic carbocycles. The molecule has 0 bridgehead atoms. The summed E-state index contributed by atoms with van der Waals surface area (Å²) in [5.41, 5.74) is -0.874. The van der Waals surface area contributed by atoms with E-state index < -0.39 is 11.7 Å². The molecule has 0 spiro atoms. The van der Waals surface area contributed by atoms with Gasteiger partial charge in [-0.2, -0.15) is 17.9 Å². The zero-order valence-electron chi connectivity index (χ0n) is 8.65. The van der Waals surface area contributed by atoms with Gasteiger partial charge in [0.1, 0.15) is 11.8 Å². The van der Waals surface area contributed by atoms with Gasteiger partial charge in [-0.05, 0) is 0 Å². The summed E-state index contributed by atoms with van der Waals surface area (Å²) in [5.74, 6) is 0.000463. The Hall–Kier alpha value is -1.97. The van der Waals surface area contributed by atoms with Crippen molar-refractivity contribution in [2.45, 2.75) is 6.18 Å². The molecule has 86 valence electrons. The van der Waals surface area contributed by atoms with E-state index in [1.165, 1.54) is 6.20 Å². The van der Waals surface area contributed by atoms with Crippen LogP contribution in [-0.2, 0) is 6.18 Å². The number of halogens is 3. The SMILES string of the molecule is [C-]#[N+]/C(=C\N(C)C)n1cc(C(F)(F)F)cn1. The van der Waals surface area contributed by atoms with Crippen LogP contribution in [0.5, 0.6) is 0 Å². The molecule has 0 aliphatic rings. The zero-order valence-corrected chi connectivity index (χ0v) is 8.65. The number of alkyl halides is 3. The van der Waals surface area contributed by atoms with Gasteiger partial charge >= 0.3 is 6.18 Å². The second-order valence-corrected chi connectivity index (χ2v) is 3.23. The molecule has 0 aromatic carbocycles. The van der Waals surface area contributed by atoms with E-state index in [0.717, 1.165) is 10.9 Å². The molecular weight excluding hydrogens is 221 g/mol. The van der Waals surface area contributed by atoms with Gasteiger partial charge in [0.05, 0.1) is 6.20 Å². The smallest absolute Gasteiger partial charge is 0.391 e. The average Bonchev–Trinajstić information content (AvgIpc) is 2.61. The summed E-state index contributed by atoms with van der Waals surface area (Å²) in [5, 5.41) is 3.49. The summed E-state index contributed by atoms with van der Waals surface area (Å²) in [6.07, 6.45) is -1.58. The fourth-order valence-corrected chi connectivity index (χ4v) is 0.965. The second-order valence-electron chi connectivity index (χ2n) is 3.23. The first-order valence-electron chi connectivity index (χ1n) is 4.22. The molecule has 0 fully saturated rings. The molecule has 0 aliphatic heterocycles. The van der Waals surface area contributed by atoms with Gasteiger partial charge in [0, 0.05) is 20.3 Å².